The van der Waals surface area contributed by atoms with Gasteiger partial charge in [0.25, 0.3) is 0 Å². The predicted molar refractivity (Wildman–Crippen MR) is 81.0 cm³/mol. The van der Waals surface area contributed by atoms with Gasteiger partial charge in [-0.3, -0.25) is 0 Å². The van der Waals surface area contributed by atoms with Crippen molar-refractivity contribution >= 4 is 12.1 Å². The normalized spacial score (nSPS) is 12.3. The van der Waals surface area contributed by atoms with Crippen LogP contribution in [0.3, 0.4) is 0 Å². The van der Waals surface area contributed by atoms with Crippen LogP contribution in [-0.4, -0.2) is 18.6 Å². The van der Waals surface area contributed by atoms with Crippen LogP contribution < -0.4 is 10.6 Å². The van der Waals surface area contributed by atoms with Gasteiger partial charge in [-0.15, -0.1) is 0 Å². The number of carbonyl (C=O) groups is 1. The molecule has 0 aliphatic carbocycles. The Morgan fingerprint density at radius 1 is 1.32 bits per heavy atom. The maximum absolute atomic E-state index is 11.5. The number of unbranched alkanes of at least 4 members (excludes halogenated alkanes) is 1. The summed E-state index contributed by atoms with van der Waals surface area (Å²) >= 11 is 0. The molecular weight excluding hydrogens is 236 g/mol. The van der Waals surface area contributed by atoms with Crippen LogP contribution in [-0.2, 0) is 0 Å². The highest BCUT2D eigenvalue weighted by Crippen LogP contribution is 2.03. The second kappa shape index (κ2) is 9.20. The summed E-state index contributed by atoms with van der Waals surface area (Å²) in [5.41, 5.74) is 1.18. The molecule has 104 valence electrons. The summed E-state index contributed by atoms with van der Waals surface area (Å²) in [5.74, 6) is 0. The van der Waals surface area contributed by atoms with E-state index in [4.69, 9.17) is 0 Å². The molecule has 0 aromatic heterocycles. The summed E-state index contributed by atoms with van der Waals surface area (Å²) < 4.78 is 0. The number of carbonyl (C=O) groups excluding carboxylic acids is 1. The molecule has 0 bridgehead atoms. The largest absolute Gasteiger partial charge is 0.338 e. The maximum Gasteiger partial charge on any atom is 0.315 e. The number of hydrogen-bond donors (Lipinski definition) is 2. The minimum absolute atomic E-state index is 0.0749. The Hall–Kier alpha value is -1.77. The Morgan fingerprint density at radius 3 is 2.74 bits per heavy atom. The first kappa shape index (κ1) is 15.3. The van der Waals surface area contributed by atoms with Gasteiger partial charge in [-0.05, 0) is 25.3 Å². The Kier molecular flexibility index (Phi) is 7.40. The van der Waals surface area contributed by atoms with Gasteiger partial charge in [0.05, 0.1) is 0 Å². The van der Waals surface area contributed by atoms with E-state index >= 15 is 0 Å². The summed E-state index contributed by atoms with van der Waals surface area (Å²) in [4.78, 5) is 11.5. The maximum atomic E-state index is 11.5. The van der Waals surface area contributed by atoms with E-state index in [1.54, 1.807) is 0 Å². The third kappa shape index (κ3) is 7.29. The first-order valence-electron chi connectivity index (χ1n) is 6.98. The molecule has 0 saturated carbocycles. The Labute approximate surface area is 116 Å². The molecule has 0 aliphatic rings. The minimum atomic E-state index is -0.0749. The molecule has 2 amide bonds. The number of rotatable bonds is 7. The topological polar surface area (TPSA) is 41.1 Å². The fraction of sp³-hybridized carbons (Fsp3) is 0.438. The van der Waals surface area contributed by atoms with E-state index < -0.39 is 0 Å². The first-order valence-corrected chi connectivity index (χ1v) is 6.98. The molecule has 0 heterocycles. The van der Waals surface area contributed by atoms with Crippen molar-refractivity contribution in [2.75, 3.05) is 6.54 Å². The molecule has 3 heteroatoms. The van der Waals surface area contributed by atoms with Gasteiger partial charge < -0.3 is 10.6 Å². The molecule has 3 nitrogen and oxygen atoms in total. The van der Waals surface area contributed by atoms with E-state index in [1.165, 1.54) is 5.56 Å². The van der Waals surface area contributed by atoms with E-state index in [0.29, 0.717) is 0 Å². The molecule has 1 aromatic carbocycles. The lowest BCUT2D eigenvalue weighted by atomic mass is 10.1. The molecule has 0 fully saturated rings. The summed E-state index contributed by atoms with van der Waals surface area (Å²) in [5, 5.41) is 5.77. The van der Waals surface area contributed by atoms with Gasteiger partial charge in [0, 0.05) is 12.6 Å². The molecule has 0 saturated heterocycles. The molecule has 1 aromatic rings. The Morgan fingerprint density at radius 2 is 2.05 bits per heavy atom. The zero-order valence-electron chi connectivity index (χ0n) is 11.9. The number of nitrogens with one attached hydrogen (secondary N) is 2. The lowest BCUT2D eigenvalue weighted by Crippen LogP contribution is -2.40. The molecular formula is C16H24N2O. The third-order valence-corrected chi connectivity index (χ3v) is 2.79. The van der Waals surface area contributed by atoms with Crippen LogP contribution in [0.4, 0.5) is 4.79 Å². The lowest BCUT2D eigenvalue weighted by molar-refractivity contribution is 0.237. The van der Waals surface area contributed by atoms with E-state index in [9.17, 15) is 4.79 Å². The van der Waals surface area contributed by atoms with Gasteiger partial charge in [-0.2, -0.15) is 0 Å². The highest BCUT2D eigenvalue weighted by Gasteiger charge is 2.03. The van der Waals surface area contributed by atoms with Crippen LogP contribution in [0.25, 0.3) is 6.08 Å². The van der Waals surface area contributed by atoms with Crippen LogP contribution in [0.1, 0.15) is 38.7 Å². The Balaban J connectivity index is 2.22. The van der Waals surface area contributed by atoms with Crippen LogP contribution in [0, 0.1) is 0 Å². The minimum Gasteiger partial charge on any atom is -0.338 e. The molecule has 0 aliphatic heterocycles. The van der Waals surface area contributed by atoms with Crippen LogP contribution in [0.5, 0.6) is 0 Å². The van der Waals surface area contributed by atoms with Crippen molar-refractivity contribution in [3.63, 3.8) is 0 Å². The summed E-state index contributed by atoms with van der Waals surface area (Å²) in [6.45, 7) is 4.86. The van der Waals surface area contributed by atoms with Crippen molar-refractivity contribution in [3.05, 3.63) is 42.0 Å². The number of benzene rings is 1. The van der Waals surface area contributed by atoms with Crippen molar-refractivity contribution in [2.24, 2.45) is 0 Å². The fourth-order valence-electron chi connectivity index (χ4n) is 1.68. The van der Waals surface area contributed by atoms with Gasteiger partial charge in [0.15, 0.2) is 0 Å². The van der Waals surface area contributed by atoms with Crippen molar-refractivity contribution in [3.8, 4) is 0 Å². The van der Waals surface area contributed by atoms with E-state index in [-0.39, 0.29) is 12.1 Å². The molecule has 1 unspecified atom stereocenters. The van der Waals surface area contributed by atoms with Gasteiger partial charge >= 0.3 is 6.03 Å². The van der Waals surface area contributed by atoms with Gasteiger partial charge in [0.1, 0.15) is 0 Å². The highest BCUT2D eigenvalue weighted by molar-refractivity contribution is 5.74. The molecule has 1 rings (SSSR count). The smallest absolute Gasteiger partial charge is 0.315 e. The first-order chi connectivity index (χ1) is 9.22. The number of amides is 2. The predicted octanol–water partition coefficient (Wildman–Crippen LogP) is 3.58. The molecule has 0 radical (unpaired) electrons. The second-order valence-corrected chi connectivity index (χ2v) is 4.70. The van der Waals surface area contributed by atoms with Gasteiger partial charge in [-0.1, -0.05) is 55.8 Å². The molecule has 19 heavy (non-hydrogen) atoms. The van der Waals surface area contributed by atoms with Crippen molar-refractivity contribution in [1.29, 1.82) is 0 Å². The zero-order valence-corrected chi connectivity index (χ0v) is 11.9. The van der Waals surface area contributed by atoms with E-state index in [2.05, 4.69) is 41.8 Å². The lowest BCUT2D eigenvalue weighted by Gasteiger charge is -2.12. The van der Waals surface area contributed by atoms with Crippen LogP contribution in [0.15, 0.2) is 36.4 Å². The average Bonchev–Trinajstić information content (AvgIpc) is 2.40. The van der Waals surface area contributed by atoms with E-state index in [1.807, 2.05) is 25.1 Å². The van der Waals surface area contributed by atoms with Crippen molar-refractivity contribution < 1.29 is 4.79 Å². The number of hydrogen-bond acceptors (Lipinski definition) is 1. The number of urea groups is 1. The molecule has 1 atom stereocenters. The third-order valence-electron chi connectivity index (χ3n) is 2.79. The highest BCUT2D eigenvalue weighted by atomic mass is 16.2. The standard InChI is InChI=1S/C16H24N2O/c1-3-4-13-17-16(19)18-14(2)9-8-12-15-10-6-5-7-11-15/h5-8,10-12,14H,3-4,9,13H2,1-2H3,(H2,17,18,19). The van der Waals surface area contributed by atoms with E-state index in [0.717, 1.165) is 25.8 Å². The monoisotopic (exact) mass is 260 g/mol. The summed E-state index contributed by atoms with van der Waals surface area (Å²) in [7, 11) is 0. The van der Waals surface area contributed by atoms with Gasteiger partial charge in [-0.25, -0.2) is 4.79 Å². The average molecular weight is 260 g/mol. The second-order valence-electron chi connectivity index (χ2n) is 4.70. The quantitative estimate of drug-likeness (QED) is 0.723. The zero-order chi connectivity index (χ0) is 13.9. The van der Waals surface area contributed by atoms with Crippen LogP contribution in [0.2, 0.25) is 0 Å². The SMILES string of the molecule is CCCCNC(=O)NC(C)CC=Cc1ccccc1. The van der Waals surface area contributed by atoms with Crippen molar-refractivity contribution in [1.82, 2.24) is 10.6 Å². The van der Waals surface area contributed by atoms with Gasteiger partial charge in [0.2, 0.25) is 0 Å². The molecule has 0 spiro atoms. The summed E-state index contributed by atoms with van der Waals surface area (Å²) in [6.07, 6.45) is 7.11. The summed E-state index contributed by atoms with van der Waals surface area (Å²) in [6, 6.07) is 10.2. The molecule has 2 N–H and O–H groups in total. The van der Waals surface area contributed by atoms with Crippen molar-refractivity contribution in [2.45, 2.75) is 39.2 Å². The fourth-order valence-corrected chi connectivity index (χ4v) is 1.68. The Bertz CT molecular complexity index is 387. The van der Waals surface area contributed by atoms with Crippen LogP contribution >= 0.6 is 0 Å².